The normalized spacial score (nSPS) is 12.0. The van der Waals surface area contributed by atoms with Crippen molar-refractivity contribution < 1.29 is 114 Å². The highest BCUT2D eigenvalue weighted by atomic mass is 16.6. The van der Waals surface area contributed by atoms with Gasteiger partial charge in [0.25, 0.3) is 0 Å². The van der Waals surface area contributed by atoms with Crippen LogP contribution >= 0.6 is 0 Å². The molecule has 39 nitrogen and oxygen atoms in total. The van der Waals surface area contributed by atoms with E-state index >= 15 is 0 Å². The van der Waals surface area contributed by atoms with E-state index in [4.69, 9.17) is 56.8 Å². The second kappa shape index (κ2) is 52.8. The number of nitrogens with zero attached hydrogens (tertiary/aromatic N) is 7. The van der Waals surface area contributed by atoms with Crippen molar-refractivity contribution in [1.29, 1.82) is 0 Å². The van der Waals surface area contributed by atoms with Crippen LogP contribution in [0, 0.1) is 16.2 Å². The first-order valence-electron chi connectivity index (χ1n) is 39.6. The van der Waals surface area contributed by atoms with Gasteiger partial charge in [0.15, 0.2) is 0 Å². The molecule has 0 saturated carbocycles. The smallest absolute Gasteiger partial charge is 0.436 e. The Labute approximate surface area is 689 Å². The number of hydrogen-bond acceptors (Lipinski definition) is 30. The minimum absolute atomic E-state index is 0.0601. The first-order valence-corrected chi connectivity index (χ1v) is 39.6. The fourth-order valence-corrected chi connectivity index (χ4v) is 9.95. The highest BCUT2D eigenvalue weighted by Gasteiger charge is 2.46. The maximum atomic E-state index is 14.7. The second-order valence-electron chi connectivity index (χ2n) is 33.4. The molecule has 0 unspecified atom stereocenters. The number of rotatable bonds is 51. The Morgan fingerprint density at radius 2 is 0.556 bits per heavy atom. The Balaban J connectivity index is 2.47. The Bertz CT molecular complexity index is 3070. The molecule has 8 N–H and O–H groups in total. The number of alkyl carbamates (subject to hydrolysis) is 8. The molecule has 0 aliphatic rings. The summed E-state index contributed by atoms with van der Waals surface area (Å²) in [5, 5.41) is 29.2. The van der Waals surface area contributed by atoms with Crippen LogP contribution in [-0.4, -0.2) is 302 Å². The van der Waals surface area contributed by atoms with E-state index in [1.54, 1.807) is 113 Å². The number of carbonyl (C=O) groups excluding carboxylic acids is 12. The summed E-state index contributed by atoms with van der Waals surface area (Å²) >= 11 is 0. The fraction of sp³-hybridized carbons (Fsp3) is 0.744. The van der Waals surface area contributed by atoms with Gasteiger partial charge in [-0.2, -0.15) is 4.68 Å². The van der Waals surface area contributed by atoms with Gasteiger partial charge in [-0.1, -0.05) is 35.5 Å². The molecule has 0 bridgehead atoms. The number of nitrogens with one attached hydrogen (secondary N) is 8. The summed E-state index contributed by atoms with van der Waals surface area (Å²) in [5.74, 6) is -3.54. The molecule has 0 atom stereocenters. The molecule has 2 aromatic rings. The highest BCUT2D eigenvalue weighted by molar-refractivity contribution is 5.82. The first kappa shape index (κ1) is 103. The lowest BCUT2D eigenvalue weighted by Crippen LogP contribution is -2.47. The van der Waals surface area contributed by atoms with E-state index in [9.17, 15) is 57.5 Å². The maximum absolute atomic E-state index is 14.7. The van der Waals surface area contributed by atoms with Gasteiger partial charge in [-0.25, -0.2) is 43.2 Å². The molecule has 2 rings (SSSR count). The molecule has 0 saturated heterocycles. The minimum atomic E-state index is -2.18. The van der Waals surface area contributed by atoms with Gasteiger partial charge in [0.2, 0.25) is 0 Å². The van der Waals surface area contributed by atoms with E-state index in [1.165, 1.54) is 20.8 Å². The van der Waals surface area contributed by atoms with Gasteiger partial charge in [-0.15, -0.1) is 5.10 Å². The summed E-state index contributed by atoms with van der Waals surface area (Å²) in [6.07, 6.45) is -1.43. The van der Waals surface area contributed by atoms with E-state index in [2.05, 4.69) is 52.8 Å². The van der Waals surface area contributed by atoms with E-state index in [1.807, 2.05) is 47.8 Å². The molecule has 1 aromatic carbocycles. The van der Waals surface area contributed by atoms with Crippen molar-refractivity contribution in [3.63, 3.8) is 0 Å². The molecular formula is C78H135N15O24. The van der Waals surface area contributed by atoms with Crippen molar-refractivity contribution in [3.05, 3.63) is 47.8 Å². The lowest BCUT2D eigenvalue weighted by Gasteiger charge is -2.32. The number of amides is 8. The average Bonchev–Trinajstić information content (AvgIpc) is 0.987. The largest absolute Gasteiger partial charge is 0.464 e. The number of ether oxygens (including phenoxy) is 12. The maximum Gasteiger partial charge on any atom is 0.436 e. The quantitative estimate of drug-likeness (QED) is 0.0181. The van der Waals surface area contributed by atoms with E-state index < -0.39 is 158 Å². The van der Waals surface area contributed by atoms with Crippen LogP contribution in [0.4, 0.5) is 43.2 Å². The summed E-state index contributed by atoms with van der Waals surface area (Å²) in [6, 6.07) is 8.81. The van der Waals surface area contributed by atoms with Crippen molar-refractivity contribution in [2.45, 2.75) is 191 Å². The van der Waals surface area contributed by atoms with Gasteiger partial charge in [0.1, 0.15) is 97.2 Å². The highest BCUT2D eigenvalue weighted by Crippen LogP contribution is 2.29. The zero-order chi connectivity index (χ0) is 87.9. The molecule has 8 amide bonds. The predicted molar refractivity (Wildman–Crippen MR) is 429 cm³/mol. The van der Waals surface area contributed by atoms with Crippen LogP contribution in [0.2, 0.25) is 0 Å². The molecule has 0 radical (unpaired) electrons. The SMILES string of the molecule is CN(CCCNC(=O)OCC(C)(COC(=O)NCCCN(C)CCCNC(=O)OC(C)(C)C)C(=O)OCC(C)(COC(=O)C(C)(COC(=O)NCCCN(C)CCCNC(=O)OC(C)(C)C)COC(=O)NCCCN(C)CCCNC(=O)OC(C)(C)C)C(=O)OCc1cn(C(=O)OCc2ccccc2)nn1)CCCNC(=O)OC(C)(C)C. The standard InChI is InChI=1S/C78H135N15O24/c1-72(2,3)114-67(101)83-37-27-45-89(16)41-23-33-79-63(97)110-54-77(14,55-111-64(98)80-34-24-42-90(17)46-28-38-84-68(102)115-73(4,5)6)61(95)108-52-76(13,60(94)106-51-59-49-93(88-87-59)71(105)107-50-58-31-21-20-22-32-58)53-109-62(96)78(15,56-112-65(99)81-35-25-43-91(18)47-29-39-85-69(103)116-74(7,8)9)57-113-66(100)82-36-26-44-92(19)48-30-40-86-70(104)117-75(10,11)12/h20-22,31-32,49H,23-30,33-48,50-57H2,1-19H3,(H,79,97)(H,80,98)(H,81,99)(H,82,100)(H,83,101)(H,84,102)(H,85,103)(H,86,104). The Morgan fingerprint density at radius 1 is 0.316 bits per heavy atom. The third-order valence-electron chi connectivity index (χ3n) is 16.4. The van der Waals surface area contributed by atoms with E-state index in [0.29, 0.717) is 135 Å². The molecular weight excluding hydrogens is 1530 g/mol. The van der Waals surface area contributed by atoms with Crippen LogP contribution < -0.4 is 42.5 Å². The molecule has 0 spiro atoms. The Hall–Kier alpha value is -9.76. The van der Waals surface area contributed by atoms with Gasteiger partial charge >= 0.3 is 72.7 Å². The summed E-state index contributed by atoms with van der Waals surface area (Å²) < 4.78 is 67.1. The van der Waals surface area contributed by atoms with Crippen molar-refractivity contribution in [2.24, 2.45) is 16.2 Å². The van der Waals surface area contributed by atoms with Crippen molar-refractivity contribution in [3.8, 4) is 0 Å². The van der Waals surface area contributed by atoms with Gasteiger partial charge in [-0.05, 0) is 241 Å². The predicted octanol–water partition coefficient (Wildman–Crippen LogP) is 7.46. The fourth-order valence-electron chi connectivity index (χ4n) is 9.95. The zero-order valence-corrected chi connectivity index (χ0v) is 72.5. The Kier molecular flexibility index (Phi) is 46.6. The van der Waals surface area contributed by atoms with E-state index in [-0.39, 0.29) is 38.5 Å². The van der Waals surface area contributed by atoms with Crippen LogP contribution in [0.5, 0.6) is 0 Å². The summed E-state index contributed by atoms with van der Waals surface area (Å²) in [6.45, 7) is 25.8. The van der Waals surface area contributed by atoms with E-state index in [0.717, 1.165) is 10.9 Å². The summed E-state index contributed by atoms with van der Waals surface area (Å²) in [7, 11) is 7.47. The molecule has 117 heavy (non-hydrogen) atoms. The first-order chi connectivity index (χ1) is 54.7. The van der Waals surface area contributed by atoms with Crippen molar-refractivity contribution in [2.75, 3.05) is 173 Å². The molecule has 1 aromatic heterocycles. The van der Waals surface area contributed by atoms with Gasteiger partial charge in [0, 0.05) is 52.4 Å². The third kappa shape index (κ3) is 50.5. The molecule has 0 fully saturated rings. The van der Waals surface area contributed by atoms with Crippen molar-refractivity contribution >= 4 is 72.7 Å². The van der Waals surface area contributed by atoms with Crippen LogP contribution in [-0.2, 0) is 84.4 Å². The molecule has 0 aliphatic carbocycles. The van der Waals surface area contributed by atoms with Crippen LogP contribution in [0.1, 0.15) is 166 Å². The molecule has 0 aliphatic heterocycles. The topological polar surface area (TPSA) is 456 Å². The lowest BCUT2D eigenvalue weighted by molar-refractivity contribution is -0.179. The number of esters is 3. The third-order valence-corrected chi connectivity index (χ3v) is 16.4. The lowest BCUT2D eigenvalue weighted by atomic mass is 9.90. The number of hydrogen-bond donors (Lipinski definition) is 8. The average molecular weight is 1670 g/mol. The Morgan fingerprint density at radius 3 is 0.812 bits per heavy atom. The second-order valence-corrected chi connectivity index (χ2v) is 33.4. The summed E-state index contributed by atoms with van der Waals surface area (Å²) in [4.78, 5) is 167. The number of benzene rings is 1. The molecule has 1 heterocycles. The number of carbonyl (C=O) groups is 12. The zero-order valence-electron chi connectivity index (χ0n) is 72.5. The molecule has 666 valence electrons. The molecule has 39 heteroatoms. The van der Waals surface area contributed by atoms with Gasteiger partial charge in [0.05, 0.1) is 6.20 Å². The van der Waals surface area contributed by atoms with Gasteiger partial charge in [-0.3, -0.25) is 14.4 Å². The minimum Gasteiger partial charge on any atom is -0.464 e. The van der Waals surface area contributed by atoms with Crippen LogP contribution in [0.15, 0.2) is 36.5 Å². The van der Waals surface area contributed by atoms with Gasteiger partial charge < -0.3 is 119 Å². The van der Waals surface area contributed by atoms with Crippen LogP contribution in [0.25, 0.3) is 0 Å². The number of aromatic nitrogens is 3. The summed E-state index contributed by atoms with van der Waals surface area (Å²) in [5.41, 5.74) is -8.18. The van der Waals surface area contributed by atoms with Crippen LogP contribution in [0.3, 0.4) is 0 Å². The van der Waals surface area contributed by atoms with Crippen molar-refractivity contribution in [1.82, 2.24) is 77.1 Å². The monoisotopic (exact) mass is 1670 g/mol.